The van der Waals surface area contributed by atoms with Gasteiger partial charge in [0.1, 0.15) is 5.82 Å². The normalized spacial score (nSPS) is 12.5. The van der Waals surface area contributed by atoms with Crippen molar-refractivity contribution in [3.05, 3.63) is 168 Å². The standard InChI is InChI=1S/C52H53N5O.Pt/c1-49(2,3)36-26-27-53-47(31-36)57-45-23-16-15-22-43(45)44-25-24-42(33-46(44)57)58-41-21-17-20-39(32-41)55-34-56(54-48(55)52(10,11)35-18-13-12-14-19-35)40-29-37(50(4,5)6)28-38(30-40)51(7,8)9;/h12-31H,1-11H3;/q-2;. The van der Waals surface area contributed by atoms with Crippen molar-refractivity contribution < 1.29 is 30.5 Å². The molecular weight excluding hydrogens is 906 g/mol. The molecule has 0 bridgehead atoms. The molecule has 0 radical (unpaired) electrons. The molecule has 0 spiro atoms. The molecule has 0 saturated heterocycles. The quantitative estimate of drug-likeness (QED) is 0.118. The van der Waals surface area contributed by atoms with Crippen LogP contribution in [0.2, 0.25) is 0 Å². The molecule has 3 aromatic heterocycles. The summed E-state index contributed by atoms with van der Waals surface area (Å²) in [6, 6.07) is 47.3. The number of benzene rings is 5. The van der Waals surface area contributed by atoms with Crippen molar-refractivity contribution in [2.24, 2.45) is 0 Å². The summed E-state index contributed by atoms with van der Waals surface area (Å²) in [4.78, 5) is 4.84. The van der Waals surface area contributed by atoms with E-state index in [0.717, 1.165) is 50.4 Å². The molecule has 59 heavy (non-hydrogen) atoms. The predicted molar refractivity (Wildman–Crippen MR) is 235 cm³/mol. The topological polar surface area (TPSA) is 48.8 Å². The van der Waals surface area contributed by atoms with Gasteiger partial charge in [0.25, 0.3) is 6.33 Å². The first-order chi connectivity index (χ1) is 27.4. The van der Waals surface area contributed by atoms with Crippen LogP contribution in [0.4, 0.5) is 0 Å². The van der Waals surface area contributed by atoms with Gasteiger partial charge in [-0.3, -0.25) is 0 Å². The number of hydrogen-bond acceptors (Lipinski definition) is 3. The van der Waals surface area contributed by atoms with E-state index in [1.165, 1.54) is 16.7 Å². The summed E-state index contributed by atoms with van der Waals surface area (Å²) in [7, 11) is 0. The van der Waals surface area contributed by atoms with E-state index in [9.17, 15) is 0 Å². The second-order valence-electron chi connectivity index (χ2n) is 19.0. The van der Waals surface area contributed by atoms with E-state index in [0.29, 0.717) is 11.5 Å². The molecule has 0 aliphatic carbocycles. The summed E-state index contributed by atoms with van der Waals surface area (Å²) in [6.07, 6.45) is 5.53. The van der Waals surface area contributed by atoms with E-state index in [1.807, 2.05) is 45.8 Å². The summed E-state index contributed by atoms with van der Waals surface area (Å²) in [6.45, 7) is 24.6. The van der Waals surface area contributed by atoms with Crippen molar-refractivity contribution >= 4 is 21.8 Å². The van der Waals surface area contributed by atoms with Crippen LogP contribution in [-0.4, -0.2) is 19.2 Å². The Hall–Kier alpha value is -5.32. The van der Waals surface area contributed by atoms with Crippen LogP contribution in [0.3, 0.4) is 0 Å². The van der Waals surface area contributed by atoms with E-state index in [4.69, 9.17) is 14.8 Å². The minimum Gasteiger partial charge on any atom is -0.510 e. The molecule has 3 heterocycles. The first-order valence-corrected chi connectivity index (χ1v) is 20.2. The zero-order chi connectivity index (χ0) is 41.2. The van der Waals surface area contributed by atoms with Gasteiger partial charge in [-0.05, 0) is 62.1 Å². The molecule has 304 valence electrons. The van der Waals surface area contributed by atoms with Crippen molar-refractivity contribution in [1.82, 2.24) is 19.2 Å². The first kappa shape index (κ1) is 41.8. The summed E-state index contributed by atoms with van der Waals surface area (Å²) in [5.41, 5.74) is 7.96. The van der Waals surface area contributed by atoms with Gasteiger partial charge in [-0.25, -0.2) is 4.98 Å². The van der Waals surface area contributed by atoms with E-state index in [1.54, 1.807) is 0 Å². The number of ether oxygens (including phenoxy) is 1. The summed E-state index contributed by atoms with van der Waals surface area (Å²) >= 11 is 0. The second-order valence-corrected chi connectivity index (χ2v) is 19.0. The smallest absolute Gasteiger partial charge is 0.271 e. The van der Waals surface area contributed by atoms with Gasteiger partial charge in [-0.2, -0.15) is 22.9 Å². The van der Waals surface area contributed by atoms with Gasteiger partial charge in [0, 0.05) is 49.7 Å². The second kappa shape index (κ2) is 15.4. The molecule has 8 aromatic rings. The van der Waals surface area contributed by atoms with E-state index >= 15 is 0 Å². The molecule has 0 fully saturated rings. The molecule has 7 heteroatoms. The monoisotopic (exact) mass is 958 g/mol. The Morgan fingerprint density at radius 3 is 1.90 bits per heavy atom. The number of aromatic nitrogens is 5. The van der Waals surface area contributed by atoms with Crippen LogP contribution >= 0.6 is 0 Å². The molecule has 8 rings (SSSR count). The molecule has 0 atom stereocenters. The van der Waals surface area contributed by atoms with Gasteiger partial charge < -0.3 is 13.9 Å². The number of nitrogens with zero attached hydrogens (tertiary/aromatic N) is 5. The number of para-hydroxylation sites is 1. The van der Waals surface area contributed by atoms with Crippen LogP contribution in [0.1, 0.15) is 104 Å². The molecular formula is C52H53N5OPt-2. The Balaban J connectivity index is 0.00000528. The number of fused-ring (bicyclic) bond motifs is 3. The maximum absolute atomic E-state index is 6.62. The Kier molecular flexibility index (Phi) is 10.9. The molecule has 6 nitrogen and oxygen atoms in total. The minimum atomic E-state index is -0.479. The Bertz CT molecular complexity index is 2760. The van der Waals surface area contributed by atoms with Crippen LogP contribution in [0.5, 0.6) is 11.5 Å². The van der Waals surface area contributed by atoms with Crippen LogP contribution in [0.15, 0.2) is 121 Å². The zero-order valence-electron chi connectivity index (χ0n) is 36.0. The van der Waals surface area contributed by atoms with E-state index < -0.39 is 5.41 Å². The minimum absolute atomic E-state index is 0. The van der Waals surface area contributed by atoms with Gasteiger partial charge in [0.05, 0.1) is 5.69 Å². The third-order valence-corrected chi connectivity index (χ3v) is 11.2. The zero-order valence-corrected chi connectivity index (χ0v) is 38.3. The van der Waals surface area contributed by atoms with Crippen molar-refractivity contribution in [1.29, 1.82) is 0 Å². The first-order valence-electron chi connectivity index (χ1n) is 20.2. The van der Waals surface area contributed by atoms with Crippen LogP contribution in [0.25, 0.3) is 39.0 Å². The third kappa shape index (κ3) is 8.17. The van der Waals surface area contributed by atoms with Crippen molar-refractivity contribution in [2.45, 2.75) is 97.8 Å². The Labute approximate surface area is 364 Å². The maximum Gasteiger partial charge on any atom is 0.271 e. The van der Waals surface area contributed by atoms with Crippen LogP contribution in [0, 0.1) is 18.5 Å². The third-order valence-electron chi connectivity index (χ3n) is 11.2. The van der Waals surface area contributed by atoms with Crippen molar-refractivity contribution in [3.63, 3.8) is 0 Å². The average Bonchev–Trinajstić information content (AvgIpc) is 3.78. The summed E-state index contributed by atoms with van der Waals surface area (Å²) in [5.74, 6) is 2.82. The van der Waals surface area contributed by atoms with E-state index in [-0.39, 0.29) is 37.3 Å². The summed E-state index contributed by atoms with van der Waals surface area (Å²) < 4.78 is 12.7. The predicted octanol–water partition coefficient (Wildman–Crippen LogP) is 12.0. The molecule has 0 saturated carbocycles. The van der Waals surface area contributed by atoms with Gasteiger partial charge in [-0.15, -0.1) is 34.8 Å². The molecule has 0 aliphatic heterocycles. The number of rotatable bonds is 7. The molecule has 0 unspecified atom stereocenters. The number of hydrogen-bond donors (Lipinski definition) is 0. The van der Waals surface area contributed by atoms with Gasteiger partial charge >= 0.3 is 0 Å². The molecule has 5 aromatic carbocycles. The van der Waals surface area contributed by atoms with Crippen LogP contribution in [-0.2, 0) is 42.7 Å². The van der Waals surface area contributed by atoms with Gasteiger partial charge in [-0.1, -0.05) is 154 Å². The largest absolute Gasteiger partial charge is 0.510 e. The fourth-order valence-electron chi connectivity index (χ4n) is 7.50. The fraction of sp³-hybridized carbons (Fsp3) is 0.288. The average molecular weight is 959 g/mol. The van der Waals surface area contributed by atoms with Gasteiger partial charge in [0.2, 0.25) is 0 Å². The fourth-order valence-corrected chi connectivity index (χ4v) is 7.50. The SMILES string of the molecule is CC(C)(C)c1cc(-[n+]2[c-]n(-c3[c-]c(Oc4[c-]c5c(cc4)c4ccccc4n5-c4cc(C(C)(C)C)ccn4)ccc3)c(C(C)(C)c3ccccc3)n2)cc(C(C)(C)C)c1.[Pt]. The molecule has 0 aliphatic rings. The molecule has 0 N–H and O–H groups in total. The van der Waals surface area contributed by atoms with Crippen molar-refractivity contribution in [2.75, 3.05) is 0 Å². The summed E-state index contributed by atoms with van der Waals surface area (Å²) in [5, 5.41) is 7.55. The van der Waals surface area contributed by atoms with Gasteiger partial charge in [0.15, 0.2) is 5.82 Å². The van der Waals surface area contributed by atoms with Crippen LogP contribution < -0.4 is 9.42 Å². The maximum atomic E-state index is 6.62. The van der Waals surface area contributed by atoms with E-state index in [2.05, 4.69) is 184 Å². The Morgan fingerprint density at radius 1 is 0.576 bits per heavy atom. The Morgan fingerprint density at radius 2 is 1.22 bits per heavy atom. The molecule has 0 amide bonds. The number of pyridine rings is 1. The van der Waals surface area contributed by atoms with Crippen molar-refractivity contribution in [3.8, 4) is 28.7 Å².